The Morgan fingerprint density at radius 3 is 2.76 bits per heavy atom. The molecule has 0 saturated carbocycles. The number of pyridine rings is 1. The molecule has 2 aromatic rings. The van der Waals surface area contributed by atoms with Crippen molar-refractivity contribution < 1.29 is 4.79 Å². The van der Waals surface area contributed by atoms with Gasteiger partial charge in [0.05, 0.1) is 6.04 Å². The molecule has 3 nitrogen and oxygen atoms in total. The average Bonchev–Trinajstić information content (AvgIpc) is 2.55. The van der Waals surface area contributed by atoms with Crippen molar-refractivity contribution in [3.8, 4) is 0 Å². The third-order valence-electron chi connectivity index (χ3n) is 4.14. The Morgan fingerprint density at radius 2 is 2.00 bits per heavy atom. The molecule has 1 aliphatic rings. The number of rotatable bonds is 3. The van der Waals surface area contributed by atoms with Crippen LogP contribution >= 0.6 is 0 Å². The minimum atomic E-state index is -0.0396. The van der Waals surface area contributed by atoms with Crippen molar-refractivity contribution in [3.63, 3.8) is 0 Å². The largest absolute Gasteiger partial charge is 0.345 e. The van der Waals surface area contributed by atoms with Crippen LogP contribution in [0.4, 0.5) is 0 Å². The number of nitrogens with zero attached hydrogens (tertiary/aromatic N) is 1. The van der Waals surface area contributed by atoms with E-state index in [1.807, 2.05) is 25.1 Å². The Morgan fingerprint density at radius 1 is 1.19 bits per heavy atom. The number of carbonyl (C=O) groups is 1. The highest BCUT2D eigenvalue weighted by Gasteiger charge is 2.15. The lowest BCUT2D eigenvalue weighted by atomic mass is 9.90. The molecule has 1 aromatic carbocycles. The summed E-state index contributed by atoms with van der Waals surface area (Å²) in [6.07, 6.45) is 8.25. The van der Waals surface area contributed by atoms with Gasteiger partial charge in [-0.3, -0.25) is 9.78 Å². The van der Waals surface area contributed by atoms with Crippen LogP contribution in [0.3, 0.4) is 0 Å². The summed E-state index contributed by atoms with van der Waals surface area (Å²) in [5, 5.41) is 3.04. The molecule has 0 fully saturated rings. The monoisotopic (exact) mass is 280 g/mol. The normalized spacial score (nSPS) is 15.1. The minimum Gasteiger partial charge on any atom is -0.345 e. The molecule has 1 aromatic heterocycles. The molecule has 0 aliphatic heterocycles. The van der Waals surface area contributed by atoms with Gasteiger partial charge in [-0.15, -0.1) is 0 Å². The third-order valence-corrected chi connectivity index (χ3v) is 4.14. The zero-order valence-corrected chi connectivity index (χ0v) is 12.3. The second-order valence-corrected chi connectivity index (χ2v) is 5.67. The number of hydrogen-bond donors (Lipinski definition) is 1. The Labute approximate surface area is 125 Å². The molecule has 3 rings (SSSR count). The van der Waals surface area contributed by atoms with Crippen molar-refractivity contribution in [2.24, 2.45) is 0 Å². The zero-order valence-electron chi connectivity index (χ0n) is 12.3. The summed E-state index contributed by atoms with van der Waals surface area (Å²) >= 11 is 0. The number of amides is 1. The Balaban J connectivity index is 1.73. The number of aryl methyl sites for hydroxylation is 2. The second-order valence-electron chi connectivity index (χ2n) is 5.67. The summed E-state index contributed by atoms with van der Waals surface area (Å²) in [5.41, 5.74) is 4.51. The van der Waals surface area contributed by atoms with Crippen molar-refractivity contribution in [1.29, 1.82) is 0 Å². The van der Waals surface area contributed by atoms with Crippen LogP contribution in [0.2, 0.25) is 0 Å². The van der Waals surface area contributed by atoms with E-state index in [0.717, 1.165) is 24.0 Å². The average molecular weight is 280 g/mol. The number of fused-ring (bicyclic) bond motifs is 1. The van der Waals surface area contributed by atoms with E-state index in [0.29, 0.717) is 0 Å². The van der Waals surface area contributed by atoms with Crippen molar-refractivity contribution in [3.05, 3.63) is 65.0 Å². The summed E-state index contributed by atoms with van der Waals surface area (Å²) in [6, 6.07) is 9.93. The quantitative estimate of drug-likeness (QED) is 0.935. The van der Waals surface area contributed by atoms with Crippen LogP contribution in [0.25, 0.3) is 0 Å². The summed E-state index contributed by atoms with van der Waals surface area (Å²) < 4.78 is 0. The molecule has 21 heavy (non-hydrogen) atoms. The molecule has 0 saturated heterocycles. The van der Waals surface area contributed by atoms with E-state index in [4.69, 9.17) is 0 Å². The molecule has 1 aliphatic carbocycles. The fourth-order valence-electron chi connectivity index (χ4n) is 2.87. The minimum absolute atomic E-state index is 0.0141. The molecule has 1 unspecified atom stereocenters. The first kappa shape index (κ1) is 13.8. The summed E-state index contributed by atoms with van der Waals surface area (Å²) in [4.78, 5) is 16.5. The van der Waals surface area contributed by atoms with Gasteiger partial charge in [0.2, 0.25) is 0 Å². The first-order valence-electron chi connectivity index (χ1n) is 7.56. The van der Waals surface area contributed by atoms with Gasteiger partial charge >= 0.3 is 0 Å². The van der Waals surface area contributed by atoms with Gasteiger partial charge in [0, 0.05) is 18.0 Å². The SMILES string of the molecule is CC(NC(=O)c1ccc2c(c1)CCCC2)c1cccnc1. The van der Waals surface area contributed by atoms with E-state index in [2.05, 4.69) is 22.4 Å². The summed E-state index contributed by atoms with van der Waals surface area (Å²) in [5.74, 6) is -0.0141. The maximum Gasteiger partial charge on any atom is 0.251 e. The van der Waals surface area contributed by atoms with E-state index in [9.17, 15) is 4.79 Å². The van der Waals surface area contributed by atoms with Crippen molar-refractivity contribution in [2.75, 3.05) is 0 Å². The number of hydrogen-bond acceptors (Lipinski definition) is 2. The molecule has 108 valence electrons. The predicted octanol–water partition coefficient (Wildman–Crippen LogP) is 3.45. The second kappa shape index (κ2) is 6.08. The molecule has 3 heteroatoms. The van der Waals surface area contributed by atoms with E-state index in [1.54, 1.807) is 12.4 Å². The molecule has 1 amide bonds. The highest BCUT2D eigenvalue weighted by atomic mass is 16.1. The molecule has 0 radical (unpaired) electrons. The molecule has 0 bridgehead atoms. The summed E-state index contributed by atoms with van der Waals surface area (Å²) in [6.45, 7) is 1.98. The van der Waals surface area contributed by atoms with E-state index in [-0.39, 0.29) is 11.9 Å². The third kappa shape index (κ3) is 3.13. The molecular formula is C18H20N2O. The summed E-state index contributed by atoms with van der Waals surface area (Å²) in [7, 11) is 0. The standard InChI is InChI=1S/C18H20N2O/c1-13(17-7-4-10-19-12-17)20-18(21)16-9-8-14-5-2-3-6-15(14)11-16/h4,7-13H,2-3,5-6H2,1H3,(H,20,21). The van der Waals surface area contributed by atoms with Gasteiger partial charge in [-0.1, -0.05) is 12.1 Å². The van der Waals surface area contributed by atoms with Gasteiger partial charge in [0.1, 0.15) is 0 Å². The molecule has 1 N–H and O–H groups in total. The highest BCUT2D eigenvalue weighted by molar-refractivity contribution is 5.94. The van der Waals surface area contributed by atoms with Crippen LogP contribution < -0.4 is 5.32 Å². The fourth-order valence-corrected chi connectivity index (χ4v) is 2.87. The van der Waals surface area contributed by atoms with E-state index in [1.165, 1.54) is 24.0 Å². The first-order valence-corrected chi connectivity index (χ1v) is 7.56. The maximum atomic E-state index is 12.4. The van der Waals surface area contributed by atoms with E-state index >= 15 is 0 Å². The van der Waals surface area contributed by atoms with Crippen molar-refractivity contribution in [1.82, 2.24) is 10.3 Å². The van der Waals surface area contributed by atoms with Crippen LogP contribution in [0.5, 0.6) is 0 Å². The lowest BCUT2D eigenvalue weighted by Gasteiger charge is -2.18. The number of carbonyl (C=O) groups excluding carboxylic acids is 1. The fraction of sp³-hybridized carbons (Fsp3) is 0.333. The van der Waals surface area contributed by atoms with Crippen molar-refractivity contribution in [2.45, 2.75) is 38.6 Å². The topological polar surface area (TPSA) is 42.0 Å². The Bertz CT molecular complexity index is 637. The van der Waals surface area contributed by atoms with Crippen LogP contribution in [0.1, 0.15) is 52.9 Å². The lowest BCUT2D eigenvalue weighted by Crippen LogP contribution is -2.27. The Hall–Kier alpha value is -2.16. The maximum absolute atomic E-state index is 12.4. The van der Waals surface area contributed by atoms with Crippen LogP contribution in [-0.2, 0) is 12.8 Å². The molecule has 0 spiro atoms. The molecular weight excluding hydrogens is 260 g/mol. The van der Waals surface area contributed by atoms with Gasteiger partial charge in [0.25, 0.3) is 5.91 Å². The smallest absolute Gasteiger partial charge is 0.251 e. The number of nitrogens with one attached hydrogen (secondary N) is 1. The van der Waals surface area contributed by atoms with Crippen LogP contribution in [0, 0.1) is 0 Å². The van der Waals surface area contributed by atoms with Gasteiger partial charge in [0.15, 0.2) is 0 Å². The molecule has 1 heterocycles. The lowest BCUT2D eigenvalue weighted by molar-refractivity contribution is 0.0939. The first-order chi connectivity index (χ1) is 10.2. The van der Waals surface area contributed by atoms with Crippen LogP contribution in [0.15, 0.2) is 42.7 Å². The number of benzene rings is 1. The highest BCUT2D eigenvalue weighted by Crippen LogP contribution is 2.22. The zero-order chi connectivity index (χ0) is 14.7. The van der Waals surface area contributed by atoms with Crippen molar-refractivity contribution >= 4 is 5.91 Å². The van der Waals surface area contributed by atoms with Gasteiger partial charge in [-0.25, -0.2) is 0 Å². The van der Waals surface area contributed by atoms with E-state index < -0.39 is 0 Å². The van der Waals surface area contributed by atoms with Gasteiger partial charge in [-0.2, -0.15) is 0 Å². The van der Waals surface area contributed by atoms with Gasteiger partial charge < -0.3 is 5.32 Å². The molecule has 1 atom stereocenters. The van der Waals surface area contributed by atoms with Gasteiger partial charge in [-0.05, 0) is 67.5 Å². The Kier molecular flexibility index (Phi) is 4.00. The van der Waals surface area contributed by atoms with Crippen LogP contribution in [-0.4, -0.2) is 10.9 Å². The predicted molar refractivity (Wildman–Crippen MR) is 83.2 cm³/mol. The number of aromatic nitrogens is 1.